The molecule has 0 unspecified atom stereocenters. The molecule has 3 aromatic heterocycles. The van der Waals surface area contributed by atoms with Gasteiger partial charge in [0, 0.05) is 36.5 Å². The SMILES string of the molecule is CCCS(=O)(=O)NC(=O)C=Cc1c(C)nn(C)c1-n1ccc2cc(C(F)(F)F)cnc21. The van der Waals surface area contributed by atoms with Gasteiger partial charge in [-0.25, -0.2) is 18.1 Å². The van der Waals surface area contributed by atoms with E-state index in [0.29, 0.717) is 23.5 Å². The monoisotopic (exact) mass is 455 g/mol. The summed E-state index contributed by atoms with van der Waals surface area (Å²) in [6.45, 7) is 3.37. The summed E-state index contributed by atoms with van der Waals surface area (Å²) < 4.78 is 67.4. The Bertz CT molecular complexity index is 1270. The van der Waals surface area contributed by atoms with Crippen molar-refractivity contribution >= 4 is 33.0 Å². The lowest BCUT2D eigenvalue weighted by Crippen LogP contribution is -2.30. The second-order valence-electron chi connectivity index (χ2n) is 6.89. The van der Waals surface area contributed by atoms with Crippen molar-refractivity contribution in [1.82, 2.24) is 24.1 Å². The minimum absolute atomic E-state index is 0.176. The fourth-order valence-electron chi connectivity index (χ4n) is 3.16. The van der Waals surface area contributed by atoms with Gasteiger partial charge in [0.2, 0.25) is 10.0 Å². The molecule has 3 aromatic rings. The predicted molar refractivity (Wildman–Crippen MR) is 109 cm³/mol. The van der Waals surface area contributed by atoms with Crippen LogP contribution in [0.5, 0.6) is 0 Å². The highest BCUT2D eigenvalue weighted by molar-refractivity contribution is 7.90. The van der Waals surface area contributed by atoms with Crippen LogP contribution in [0.2, 0.25) is 0 Å². The first-order chi connectivity index (χ1) is 14.4. The van der Waals surface area contributed by atoms with E-state index in [4.69, 9.17) is 0 Å². The van der Waals surface area contributed by atoms with Crippen molar-refractivity contribution in [3.63, 3.8) is 0 Å². The van der Waals surface area contributed by atoms with Gasteiger partial charge >= 0.3 is 6.18 Å². The average Bonchev–Trinajstić information content (AvgIpc) is 3.17. The maximum Gasteiger partial charge on any atom is 0.417 e. The van der Waals surface area contributed by atoms with Gasteiger partial charge in [0.25, 0.3) is 5.91 Å². The molecule has 0 radical (unpaired) electrons. The number of carbonyl (C=O) groups is 1. The molecule has 1 N–H and O–H groups in total. The number of rotatable bonds is 6. The van der Waals surface area contributed by atoms with Crippen molar-refractivity contribution in [2.24, 2.45) is 7.05 Å². The number of sulfonamides is 1. The van der Waals surface area contributed by atoms with E-state index < -0.39 is 27.7 Å². The number of carbonyl (C=O) groups excluding carboxylic acids is 1. The minimum atomic E-state index is -4.51. The molecule has 1 amide bonds. The van der Waals surface area contributed by atoms with Gasteiger partial charge in [-0.1, -0.05) is 6.92 Å². The van der Waals surface area contributed by atoms with Crippen LogP contribution in [0.3, 0.4) is 0 Å². The number of halogens is 3. The molecule has 8 nitrogen and oxygen atoms in total. The molecule has 0 fully saturated rings. The van der Waals surface area contributed by atoms with E-state index in [-0.39, 0.29) is 16.8 Å². The van der Waals surface area contributed by atoms with Crippen molar-refractivity contribution in [3.8, 4) is 5.82 Å². The summed E-state index contributed by atoms with van der Waals surface area (Å²) in [4.78, 5) is 16.0. The number of hydrogen-bond donors (Lipinski definition) is 1. The van der Waals surface area contributed by atoms with E-state index in [2.05, 4.69) is 10.1 Å². The van der Waals surface area contributed by atoms with Crippen molar-refractivity contribution in [2.75, 3.05) is 5.75 Å². The third-order valence-corrected chi connectivity index (χ3v) is 5.91. The van der Waals surface area contributed by atoms with Gasteiger partial charge in [-0.05, 0) is 31.6 Å². The van der Waals surface area contributed by atoms with Crippen molar-refractivity contribution in [2.45, 2.75) is 26.4 Å². The Morgan fingerprint density at radius 3 is 2.68 bits per heavy atom. The fourth-order valence-corrected chi connectivity index (χ4v) is 4.17. The van der Waals surface area contributed by atoms with Crippen LogP contribution in [0.4, 0.5) is 13.2 Å². The van der Waals surface area contributed by atoms with Crippen LogP contribution in [-0.4, -0.2) is 39.4 Å². The minimum Gasteiger partial charge on any atom is -0.285 e. The first kappa shape index (κ1) is 22.5. The van der Waals surface area contributed by atoms with E-state index in [9.17, 15) is 26.4 Å². The number of aryl methyl sites for hydroxylation is 2. The zero-order valence-electron chi connectivity index (χ0n) is 16.9. The van der Waals surface area contributed by atoms with Crippen LogP contribution in [-0.2, 0) is 28.0 Å². The third-order valence-electron chi connectivity index (χ3n) is 4.45. The van der Waals surface area contributed by atoms with Gasteiger partial charge in [0.15, 0.2) is 0 Å². The molecule has 3 heterocycles. The summed E-state index contributed by atoms with van der Waals surface area (Å²) in [5, 5.41) is 4.58. The first-order valence-electron chi connectivity index (χ1n) is 9.23. The lowest BCUT2D eigenvalue weighted by Gasteiger charge is -2.09. The number of aromatic nitrogens is 4. The normalized spacial score (nSPS) is 12.7. The Balaban J connectivity index is 2.00. The highest BCUT2D eigenvalue weighted by Gasteiger charge is 2.31. The molecule has 0 spiro atoms. The average molecular weight is 455 g/mol. The zero-order chi connectivity index (χ0) is 23.0. The molecular weight excluding hydrogens is 435 g/mol. The van der Waals surface area contributed by atoms with E-state index >= 15 is 0 Å². The lowest BCUT2D eigenvalue weighted by molar-refractivity contribution is -0.137. The van der Waals surface area contributed by atoms with Crippen LogP contribution >= 0.6 is 0 Å². The lowest BCUT2D eigenvalue weighted by atomic mass is 10.2. The maximum atomic E-state index is 13.0. The summed E-state index contributed by atoms with van der Waals surface area (Å²) >= 11 is 0. The molecule has 31 heavy (non-hydrogen) atoms. The first-order valence-corrected chi connectivity index (χ1v) is 10.9. The summed E-state index contributed by atoms with van der Waals surface area (Å²) in [6.07, 6.45) is 0.640. The molecule has 166 valence electrons. The Hall–Kier alpha value is -3.15. The van der Waals surface area contributed by atoms with Crippen LogP contribution < -0.4 is 4.72 Å². The highest BCUT2D eigenvalue weighted by atomic mass is 32.2. The number of amides is 1. The number of nitrogens with zero attached hydrogens (tertiary/aromatic N) is 4. The number of nitrogens with one attached hydrogen (secondary N) is 1. The summed E-state index contributed by atoms with van der Waals surface area (Å²) in [6, 6.07) is 2.50. The topological polar surface area (TPSA) is 98.9 Å². The smallest absolute Gasteiger partial charge is 0.285 e. The van der Waals surface area contributed by atoms with Gasteiger partial charge in [-0.15, -0.1) is 0 Å². The molecule has 0 atom stereocenters. The Kier molecular flexibility index (Phi) is 5.94. The van der Waals surface area contributed by atoms with Crippen LogP contribution in [0.25, 0.3) is 22.9 Å². The standard InChI is InChI=1S/C19H20F3N5O3S/c1-4-9-31(29,30)25-16(28)6-5-15-12(2)24-26(3)18(15)27-8-7-13-10-14(19(20,21)22)11-23-17(13)27/h5-8,10-11H,4,9H2,1-3H3,(H,25,28). The van der Waals surface area contributed by atoms with E-state index in [1.807, 2.05) is 4.72 Å². The maximum absolute atomic E-state index is 13.0. The molecule has 3 rings (SSSR count). The number of alkyl halides is 3. The molecule has 0 saturated carbocycles. The second-order valence-corrected chi connectivity index (χ2v) is 8.73. The molecule has 0 aliphatic carbocycles. The Morgan fingerprint density at radius 1 is 1.32 bits per heavy atom. The van der Waals surface area contributed by atoms with Crippen LogP contribution in [0, 0.1) is 6.92 Å². The Labute approximate surface area is 176 Å². The molecule has 0 aliphatic heterocycles. The molecule has 0 aliphatic rings. The molecular formula is C19H20F3N5O3S. The number of hydrogen-bond acceptors (Lipinski definition) is 5. The van der Waals surface area contributed by atoms with Crippen molar-refractivity contribution in [3.05, 3.63) is 47.4 Å². The highest BCUT2D eigenvalue weighted by Crippen LogP contribution is 2.32. The Morgan fingerprint density at radius 2 is 2.03 bits per heavy atom. The van der Waals surface area contributed by atoms with Gasteiger partial charge < -0.3 is 0 Å². The summed E-state index contributed by atoms with van der Waals surface area (Å²) in [7, 11) is -2.08. The third kappa shape index (κ3) is 4.79. The van der Waals surface area contributed by atoms with E-state index in [1.54, 1.807) is 31.7 Å². The largest absolute Gasteiger partial charge is 0.417 e. The van der Waals surface area contributed by atoms with E-state index in [1.165, 1.54) is 16.8 Å². The quantitative estimate of drug-likeness (QED) is 0.577. The van der Waals surface area contributed by atoms with E-state index in [0.717, 1.165) is 18.3 Å². The predicted octanol–water partition coefficient (Wildman–Crippen LogP) is 2.96. The van der Waals surface area contributed by atoms with Crippen molar-refractivity contribution < 1.29 is 26.4 Å². The molecule has 0 bridgehead atoms. The van der Waals surface area contributed by atoms with Gasteiger partial charge in [-0.2, -0.15) is 18.3 Å². The summed E-state index contributed by atoms with van der Waals surface area (Å²) in [5.74, 6) is -0.529. The number of pyridine rings is 1. The molecule has 0 aromatic carbocycles. The van der Waals surface area contributed by atoms with Crippen molar-refractivity contribution in [1.29, 1.82) is 0 Å². The molecule has 0 saturated heterocycles. The van der Waals surface area contributed by atoms with Gasteiger partial charge in [0.1, 0.15) is 11.5 Å². The van der Waals surface area contributed by atoms with Gasteiger partial charge in [-0.3, -0.25) is 14.0 Å². The van der Waals surface area contributed by atoms with Crippen LogP contribution in [0.15, 0.2) is 30.6 Å². The zero-order valence-corrected chi connectivity index (χ0v) is 17.8. The van der Waals surface area contributed by atoms with Crippen LogP contribution in [0.1, 0.15) is 30.2 Å². The van der Waals surface area contributed by atoms with Gasteiger partial charge in [0.05, 0.1) is 17.0 Å². The second kappa shape index (κ2) is 8.17. The summed E-state index contributed by atoms with van der Waals surface area (Å²) in [5.41, 5.74) is 0.445. The molecule has 12 heteroatoms. The fraction of sp³-hybridized carbons (Fsp3) is 0.316. The number of fused-ring (bicyclic) bond motifs is 1.